The number of nitrogens with zero attached hydrogens (tertiary/aromatic N) is 1. The number of sulfonamides is 1. The summed E-state index contributed by atoms with van der Waals surface area (Å²) in [6.45, 7) is 0. The average molecular weight is 538 g/mol. The standard InChI is InChI=1S/C27H24ClN3O5S/c1-35-23-11-7-10-18(26(23)36-2)22-15-21(30-31(22)37(3,33)34)25-24(16-8-5-4-6-9-16)19-14-17(28)12-13-20(19)29-27(25)32/h4-15,22,30H,1-3H3,(H,29,32)/t22-/m1/s1. The number of H-pyrrole nitrogens is 1. The first-order valence-electron chi connectivity index (χ1n) is 11.3. The summed E-state index contributed by atoms with van der Waals surface area (Å²) in [5, 5.41) is 1.23. The van der Waals surface area contributed by atoms with Gasteiger partial charge in [0.25, 0.3) is 5.56 Å². The van der Waals surface area contributed by atoms with Crippen LogP contribution in [0.3, 0.4) is 0 Å². The Morgan fingerprint density at radius 3 is 2.38 bits per heavy atom. The second kappa shape index (κ2) is 9.59. The van der Waals surface area contributed by atoms with Crippen molar-refractivity contribution in [2.75, 3.05) is 20.5 Å². The van der Waals surface area contributed by atoms with Crippen LogP contribution in [0, 0.1) is 0 Å². The molecule has 190 valence electrons. The zero-order chi connectivity index (χ0) is 26.3. The van der Waals surface area contributed by atoms with Crippen molar-refractivity contribution in [2.45, 2.75) is 6.04 Å². The fourth-order valence-corrected chi connectivity index (χ4v) is 5.69. The van der Waals surface area contributed by atoms with E-state index in [0.29, 0.717) is 44.4 Å². The summed E-state index contributed by atoms with van der Waals surface area (Å²) in [5.74, 6) is 0.851. The van der Waals surface area contributed by atoms with Gasteiger partial charge in [-0.15, -0.1) is 4.41 Å². The minimum atomic E-state index is -3.78. The first-order valence-corrected chi connectivity index (χ1v) is 13.6. The number of halogens is 1. The number of nitrogens with one attached hydrogen (secondary N) is 2. The van der Waals surface area contributed by atoms with E-state index in [2.05, 4.69) is 10.4 Å². The molecule has 4 aromatic rings. The maximum absolute atomic E-state index is 13.5. The fourth-order valence-electron chi connectivity index (χ4n) is 4.67. The zero-order valence-corrected chi connectivity index (χ0v) is 21.9. The minimum absolute atomic E-state index is 0.291. The summed E-state index contributed by atoms with van der Waals surface area (Å²) in [5.41, 5.74) is 5.80. The summed E-state index contributed by atoms with van der Waals surface area (Å²) in [4.78, 5) is 16.5. The Hall–Kier alpha value is -3.79. The molecule has 8 nitrogen and oxygen atoms in total. The predicted octanol–water partition coefficient (Wildman–Crippen LogP) is 4.73. The monoisotopic (exact) mass is 537 g/mol. The van der Waals surface area contributed by atoms with E-state index in [4.69, 9.17) is 21.1 Å². The number of hydrogen-bond acceptors (Lipinski definition) is 6. The SMILES string of the molecule is COc1cccc([C@H]2C=C(c3c(-c4ccccc4)c4cc(Cl)ccc4[nH]c3=O)NN2S(C)(=O)=O)c1OC. The summed E-state index contributed by atoms with van der Waals surface area (Å²) >= 11 is 6.34. The highest BCUT2D eigenvalue weighted by Crippen LogP contribution is 2.43. The lowest BCUT2D eigenvalue weighted by molar-refractivity contribution is 0.323. The van der Waals surface area contributed by atoms with Crippen LogP contribution in [0.4, 0.5) is 0 Å². The van der Waals surface area contributed by atoms with Crippen LogP contribution in [0.2, 0.25) is 5.02 Å². The van der Waals surface area contributed by atoms with Gasteiger partial charge < -0.3 is 19.9 Å². The van der Waals surface area contributed by atoms with Crippen molar-refractivity contribution in [3.05, 3.63) is 99.3 Å². The molecule has 10 heteroatoms. The molecule has 0 spiro atoms. The van der Waals surface area contributed by atoms with Gasteiger partial charge in [0, 0.05) is 27.1 Å². The summed E-state index contributed by atoms with van der Waals surface area (Å²) in [6, 6.07) is 19.1. The smallest absolute Gasteiger partial charge is 0.258 e. The lowest BCUT2D eigenvalue weighted by Crippen LogP contribution is -2.39. The number of para-hydroxylation sites is 1. The van der Waals surface area contributed by atoms with E-state index in [9.17, 15) is 13.2 Å². The molecular weight excluding hydrogens is 514 g/mol. The lowest BCUT2D eigenvalue weighted by Gasteiger charge is -2.25. The quantitative estimate of drug-likeness (QED) is 0.369. The van der Waals surface area contributed by atoms with Crippen molar-refractivity contribution < 1.29 is 17.9 Å². The predicted molar refractivity (Wildman–Crippen MR) is 145 cm³/mol. The number of aromatic amines is 1. The van der Waals surface area contributed by atoms with Gasteiger partial charge in [0.15, 0.2) is 11.5 Å². The van der Waals surface area contributed by atoms with E-state index in [1.54, 1.807) is 42.5 Å². The van der Waals surface area contributed by atoms with Crippen LogP contribution in [-0.2, 0) is 10.0 Å². The van der Waals surface area contributed by atoms with Gasteiger partial charge in [0.1, 0.15) is 0 Å². The molecule has 0 saturated carbocycles. The Labute approximate surface area is 219 Å². The Kier molecular flexibility index (Phi) is 6.45. The first kappa shape index (κ1) is 24.9. The molecule has 2 heterocycles. The van der Waals surface area contributed by atoms with Crippen LogP contribution >= 0.6 is 11.6 Å². The molecule has 3 aromatic carbocycles. The molecule has 1 aromatic heterocycles. The molecule has 5 rings (SSSR count). The molecule has 0 radical (unpaired) electrons. The highest BCUT2D eigenvalue weighted by Gasteiger charge is 2.37. The number of hydrazine groups is 1. The number of rotatable bonds is 6. The second-order valence-corrected chi connectivity index (χ2v) is 10.8. The van der Waals surface area contributed by atoms with Crippen LogP contribution in [0.1, 0.15) is 17.2 Å². The Morgan fingerprint density at radius 2 is 1.70 bits per heavy atom. The van der Waals surface area contributed by atoms with Crippen molar-refractivity contribution in [1.82, 2.24) is 14.8 Å². The summed E-state index contributed by atoms with van der Waals surface area (Å²) in [7, 11) is -0.784. The van der Waals surface area contributed by atoms with E-state index < -0.39 is 16.1 Å². The molecule has 1 aliphatic rings. The molecule has 0 bridgehead atoms. The average Bonchev–Trinajstić information content (AvgIpc) is 3.33. The van der Waals surface area contributed by atoms with Crippen molar-refractivity contribution in [3.8, 4) is 22.6 Å². The van der Waals surface area contributed by atoms with Crippen molar-refractivity contribution in [3.63, 3.8) is 0 Å². The Bertz CT molecular complexity index is 1700. The summed E-state index contributed by atoms with van der Waals surface area (Å²) < 4.78 is 37.9. The van der Waals surface area contributed by atoms with E-state index in [-0.39, 0.29) is 5.56 Å². The Balaban J connectivity index is 1.80. The third-order valence-corrected chi connectivity index (χ3v) is 7.49. The summed E-state index contributed by atoms with van der Waals surface area (Å²) in [6.07, 6.45) is 2.80. The largest absolute Gasteiger partial charge is 0.493 e. The molecule has 2 N–H and O–H groups in total. The van der Waals surface area contributed by atoms with Crippen LogP contribution in [0.15, 0.2) is 77.6 Å². The minimum Gasteiger partial charge on any atom is -0.493 e. The third-order valence-electron chi connectivity index (χ3n) is 6.23. The number of ether oxygens (including phenoxy) is 2. The molecule has 0 unspecified atom stereocenters. The number of pyridine rings is 1. The van der Waals surface area contributed by atoms with Crippen LogP contribution in [0.5, 0.6) is 11.5 Å². The topological polar surface area (TPSA) is 101 Å². The first-order chi connectivity index (χ1) is 17.7. The molecule has 37 heavy (non-hydrogen) atoms. The zero-order valence-electron chi connectivity index (χ0n) is 20.3. The number of fused-ring (bicyclic) bond motifs is 1. The second-order valence-electron chi connectivity index (χ2n) is 8.54. The molecule has 1 atom stereocenters. The van der Waals surface area contributed by atoms with Crippen molar-refractivity contribution >= 4 is 38.2 Å². The van der Waals surface area contributed by atoms with E-state index in [1.807, 2.05) is 30.3 Å². The molecule has 0 saturated heterocycles. The Morgan fingerprint density at radius 1 is 0.946 bits per heavy atom. The van der Waals surface area contributed by atoms with Gasteiger partial charge in [0.2, 0.25) is 10.0 Å². The normalized spacial score (nSPS) is 15.9. The van der Waals surface area contributed by atoms with Gasteiger partial charge in [-0.25, -0.2) is 8.42 Å². The van der Waals surface area contributed by atoms with E-state index in [0.717, 1.165) is 21.6 Å². The number of hydrogen-bond donors (Lipinski definition) is 2. The molecule has 0 aliphatic carbocycles. The number of aromatic nitrogens is 1. The lowest BCUT2D eigenvalue weighted by atomic mass is 9.94. The molecular formula is C27H24ClN3O5S. The molecule has 0 amide bonds. The molecule has 1 aliphatic heterocycles. The maximum Gasteiger partial charge on any atom is 0.258 e. The van der Waals surface area contributed by atoms with Crippen molar-refractivity contribution in [1.29, 1.82) is 0 Å². The highest BCUT2D eigenvalue weighted by atomic mass is 35.5. The van der Waals surface area contributed by atoms with Gasteiger partial charge in [-0.3, -0.25) is 4.79 Å². The van der Waals surface area contributed by atoms with Gasteiger partial charge in [-0.2, -0.15) is 0 Å². The van der Waals surface area contributed by atoms with E-state index in [1.165, 1.54) is 14.2 Å². The third kappa shape index (κ3) is 4.46. The van der Waals surface area contributed by atoms with Gasteiger partial charge in [-0.05, 0) is 35.9 Å². The van der Waals surface area contributed by atoms with Crippen LogP contribution in [-0.4, -0.2) is 38.3 Å². The van der Waals surface area contributed by atoms with Crippen LogP contribution in [0.25, 0.3) is 27.7 Å². The van der Waals surface area contributed by atoms with Gasteiger partial charge in [-0.1, -0.05) is 54.1 Å². The van der Waals surface area contributed by atoms with Crippen LogP contribution < -0.4 is 20.5 Å². The van der Waals surface area contributed by atoms with Gasteiger partial charge in [0.05, 0.1) is 37.8 Å². The van der Waals surface area contributed by atoms with Crippen molar-refractivity contribution in [2.24, 2.45) is 0 Å². The maximum atomic E-state index is 13.5. The number of benzene rings is 3. The van der Waals surface area contributed by atoms with Gasteiger partial charge >= 0.3 is 0 Å². The number of methoxy groups -OCH3 is 2. The molecule has 0 fully saturated rings. The highest BCUT2D eigenvalue weighted by molar-refractivity contribution is 7.88. The van der Waals surface area contributed by atoms with E-state index >= 15 is 0 Å². The fraction of sp³-hybridized carbons (Fsp3) is 0.148.